The standard InChI is InChI=1S/C18H18N2O5S/c21-14-4-1-3-13(11-14)18(24)25-12-16(22)19-6-8-20(9-7-19)17(23)15-5-2-10-26-15/h1-5,10-11,21H,6-9,12H2. The molecule has 1 aromatic heterocycles. The van der Waals surface area contributed by atoms with E-state index in [0.29, 0.717) is 31.1 Å². The second-order valence-corrected chi connectivity index (χ2v) is 6.72. The quantitative estimate of drug-likeness (QED) is 0.822. The third-order valence-electron chi connectivity index (χ3n) is 4.06. The maximum atomic E-state index is 12.3. The van der Waals surface area contributed by atoms with Crippen molar-refractivity contribution in [2.45, 2.75) is 0 Å². The highest BCUT2D eigenvalue weighted by Crippen LogP contribution is 2.14. The van der Waals surface area contributed by atoms with E-state index in [1.54, 1.807) is 15.9 Å². The van der Waals surface area contributed by atoms with Crippen molar-refractivity contribution in [1.82, 2.24) is 9.80 Å². The van der Waals surface area contributed by atoms with E-state index in [4.69, 9.17) is 4.74 Å². The number of thiophene rings is 1. The average Bonchev–Trinajstić information content (AvgIpc) is 3.20. The Morgan fingerprint density at radius 1 is 1.04 bits per heavy atom. The van der Waals surface area contributed by atoms with Gasteiger partial charge in [-0.15, -0.1) is 11.3 Å². The van der Waals surface area contributed by atoms with Gasteiger partial charge in [-0.1, -0.05) is 12.1 Å². The van der Waals surface area contributed by atoms with Gasteiger partial charge >= 0.3 is 5.97 Å². The van der Waals surface area contributed by atoms with Crippen LogP contribution in [0.15, 0.2) is 41.8 Å². The monoisotopic (exact) mass is 374 g/mol. The molecule has 26 heavy (non-hydrogen) atoms. The van der Waals surface area contributed by atoms with Crippen molar-refractivity contribution in [2.75, 3.05) is 32.8 Å². The molecule has 0 radical (unpaired) electrons. The lowest BCUT2D eigenvalue weighted by atomic mass is 10.2. The molecule has 1 aromatic carbocycles. The van der Waals surface area contributed by atoms with Gasteiger partial charge in [-0.25, -0.2) is 4.79 Å². The van der Waals surface area contributed by atoms with E-state index in [1.165, 1.54) is 35.6 Å². The highest BCUT2D eigenvalue weighted by Gasteiger charge is 2.25. The van der Waals surface area contributed by atoms with E-state index in [-0.39, 0.29) is 29.7 Å². The molecule has 0 aliphatic carbocycles. The lowest BCUT2D eigenvalue weighted by Crippen LogP contribution is -2.51. The summed E-state index contributed by atoms with van der Waals surface area (Å²) in [5.74, 6) is -1.04. The van der Waals surface area contributed by atoms with E-state index >= 15 is 0 Å². The van der Waals surface area contributed by atoms with Crippen molar-refractivity contribution in [2.24, 2.45) is 0 Å². The molecule has 3 rings (SSSR count). The van der Waals surface area contributed by atoms with Crippen molar-refractivity contribution in [3.8, 4) is 5.75 Å². The van der Waals surface area contributed by atoms with Crippen molar-refractivity contribution in [3.63, 3.8) is 0 Å². The Labute approximate surface area is 154 Å². The lowest BCUT2D eigenvalue weighted by molar-refractivity contribution is -0.136. The lowest BCUT2D eigenvalue weighted by Gasteiger charge is -2.34. The number of amides is 2. The van der Waals surface area contributed by atoms with Gasteiger partial charge in [0.1, 0.15) is 5.75 Å². The average molecular weight is 374 g/mol. The van der Waals surface area contributed by atoms with Crippen molar-refractivity contribution < 1.29 is 24.2 Å². The minimum absolute atomic E-state index is 0.0255. The zero-order valence-electron chi connectivity index (χ0n) is 14.0. The highest BCUT2D eigenvalue weighted by atomic mass is 32.1. The van der Waals surface area contributed by atoms with Gasteiger partial charge in [0.05, 0.1) is 10.4 Å². The number of phenolic OH excluding ortho intramolecular Hbond substituents is 1. The van der Waals surface area contributed by atoms with Gasteiger partial charge in [0, 0.05) is 26.2 Å². The van der Waals surface area contributed by atoms with Gasteiger partial charge in [0.15, 0.2) is 6.61 Å². The van der Waals surface area contributed by atoms with Crippen LogP contribution < -0.4 is 0 Å². The van der Waals surface area contributed by atoms with Crippen LogP contribution in [0.4, 0.5) is 0 Å². The molecule has 2 heterocycles. The van der Waals surface area contributed by atoms with Crippen LogP contribution in [0.2, 0.25) is 0 Å². The fraction of sp³-hybridized carbons (Fsp3) is 0.278. The molecule has 0 atom stereocenters. The third kappa shape index (κ3) is 4.20. The van der Waals surface area contributed by atoms with E-state index in [9.17, 15) is 19.5 Å². The van der Waals surface area contributed by atoms with Crippen LogP contribution in [0, 0.1) is 0 Å². The van der Waals surface area contributed by atoms with Gasteiger partial charge in [0.25, 0.3) is 11.8 Å². The summed E-state index contributed by atoms with van der Waals surface area (Å²) >= 11 is 1.39. The Hall–Kier alpha value is -2.87. The number of benzene rings is 1. The van der Waals surface area contributed by atoms with E-state index < -0.39 is 5.97 Å². The normalized spacial score (nSPS) is 14.2. The van der Waals surface area contributed by atoms with E-state index in [1.807, 2.05) is 11.4 Å². The van der Waals surface area contributed by atoms with Crippen LogP contribution in [0.3, 0.4) is 0 Å². The predicted molar refractivity (Wildman–Crippen MR) is 95.2 cm³/mol. The summed E-state index contributed by atoms with van der Waals surface area (Å²) in [4.78, 5) is 40.4. The Balaban J connectivity index is 1.46. The maximum Gasteiger partial charge on any atom is 0.338 e. The largest absolute Gasteiger partial charge is 0.508 e. The first-order chi connectivity index (χ1) is 12.5. The van der Waals surface area contributed by atoms with Crippen LogP contribution in [0.5, 0.6) is 5.75 Å². The molecule has 0 spiro atoms. The first kappa shape index (κ1) is 17.9. The number of nitrogens with zero attached hydrogens (tertiary/aromatic N) is 2. The molecule has 1 aliphatic rings. The Morgan fingerprint density at radius 2 is 1.77 bits per heavy atom. The summed E-state index contributed by atoms with van der Waals surface area (Å²) in [7, 11) is 0. The fourth-order valence-electron chi connectivity index (χ4n) is 2.65. The van der Waals surface area contributed by atoms with Crippen molar-refractivity contribution >= 4 is 29.1 Å². The van der Waals surface area contributed by atoms with Crippen LogP contribution in [-0.4, -0.2) is 65.5 Å². The first-order valence-electron chi connectivity index (χ1n) is 8.11. The van der Waals surface area contributed by atoms with E-state index in [2.05, 4.69) is 0 Å². The summed E-state index contributed by atoms with van der Waals surface area (Å²) in [5.41, 5.74) is 0.184. The second-order valence-electron chi connectivity index (χ2n) is 5.78. The fourth-order valence-corrected chi connectivity index (χ4v) is 3.34. The summed E-state index contributed by atoms with van der Waals surface area (Å²) < 4.78 is 5.01. The number of rotatable bonds is 4. The molecule has 1 fully saturated rings. The molecule has 1 aliphatic heterocycles. The molecule has 136 valence electrons. The molecule has 2 aromatic rings. The molecule has 0 unspecified atom stereocenters. The van der Waals surface area contributed by atoms with Gasteiger partial charge < -0.3 is 19.6 Å². The van der Waals surface area contributed by atoms with Crippen molar-refractivity contribution in [3.05, 3.63) is 52.2 Å². The minimum atomic E-state index is -0.666. The summed E-state index contributed by atoms with van der Waals surface area (Å²) in [6.45, 7) is 1.33. The molecule has 1 N–H and O–H groups in total. The van der Waals surface area contributed by atoms with E-state index in [0.717, 1.165) is 0 Å². The Bertz CT molecular complexity index is 798. The number of ether oxygens (including phenoxy) is 1. The Kier molecular flexibility index (Phi) is 5.52. The van der Waals surface area contributed by atoms with Crippen LogP contribution >= 0.6 is 11.3 Å². The molecule has 8 heteroatoms. The zero-order valence-corrected chi connectivity index (χ0v) is 14.8. The van der Waals surface area contributed by atoms with Gasteiger partial charge in [0.2, 0.25) is 0 Å². The first-order valence-corrected chi connectivity index (χ1v) is 8.99. The molecule has 7 nitrogen and oxygen atoms in total. The molecule has 0 saturated carbocycles. The van der Waals surface area contributed by atoms with Crippen LogP contribution in [0.25, 0.3) is 0 Å². The highest BCUT2D eigenvalue weighted by molar-refractivity contribution is 7.12. The number of carbonyl (C=O) groups excluding carboxylic acids is 3. The van der Waals surface area contributed by atoms with Gasteiger partial charge in [-0.05, 0) is 29.6 Å². The predicted octanol–water partition coefficient (Wildman–Crippen LogP) is 1.60. The molecule has 1 saturated heterocycles. The maximum absolute atomic E-state index is 12.3. The number of hydrogen-bond acceptors (Lipinski definition) is 6. The van der Waals surface area contributed by atoms with Crippen molar-refractivity contribution in [1.29, 1.82) is 0 Å². The smallest absolute Gasteiger partial charge is 0.338 e. The van der Waals surface area contributed by atoms with Gasteiger partial charge in [-0.2, -0.15) is 0 Å². The second kappa shape index (κ2) is 8.01. The molecule has 2 amide bonds. The Morgan fingerprint density at radius 3 is 2.42 bits per heavy atom. The number of carbonyl (C=O) groups is 3. The van der Waals surface area contributed by atoms with Crippen LogP contribution in [0.1, 0.15) is 20.0 Å². The topological polar surface area (TPSA) is 87.2 Å². The summed E-state index contributed by atoms with van der Waals surface area (Å²) in [6.07, 6.45) is 0. The number of phenols is 1. The zero-order chi connectivity index (χ0) is 18.5. The molecular formula is C18H18N2O5S. The summed E-state index contributed by atoms with van der Waals surface area (Å²) in [6, 6.07) is 9.36. The molecule has 0 bridgehead atoms. The number of hydrogen-bond donors (Lipinski definition) is 1. The molecular weight excluding hydrogens is 356 g/mol. The number of esters is 1. The minimum Gasteiger partial charge on any atom is -0.508 e. The number of aromatic hydroxyl groups is 1. The summed E-state index contributed by atoms with van der Waals surface area (Å²) in [5, 5.41) is 11.2. The SMILES string of the molecule is O=C(OCC(=O)N1CCN(C(=O)c2cccs2)CC1)c1cccc(O)c1. The van der Waals surface area contributed by atoms with Crippen LogP contribution in [-0.2, 0) is 9.53 Å². The van der Waals surface area contributed by atoms with Gasteiger partial charge in [-0.3, -0.25) is 9.59 Å². The number of piperazine rings is 1. The third-order valence-corrected chi connectivity index (χ3v) is 4.92.